The van der Waals surface area contributed by atoms with Crippen LogP contribution in [0, 0.1) is 0 Å². The van der Waals surface area contributed by atoms with Gasteiger partial charge in [-0.1, -0.05) is 13.8 Å². The first kappa shape index (κ1) is 24.1. The number of nitrogens with zero attached hydrogens (tertiary/aromatic N) is 1. The number of amides is 2. The average molecular weight is 413 g/mol. The van der Waals surface area contributed by atoms with E-state index in [1.54, 1.807) is 26.0 Å². The lowest BCUT2D eigenvalue weighted by molar-refractivity contribution is -0.464. The van der Waals surface area contributed by atoms with Crippen LogP contribution in [-0.4, -0.2) is 42.7 Å². The number of carbonyl (C=O) groups excluding carboxylic acids is 1. The number of carbonyl (C=O) groups is 1. The van der Waals surface area contributed by atoms with E-state index in [9.17, 15) is 9.36 Å². The van der Waals surface area contributed by atoms with Crippen molar-refractivity contribution in [1.82, 2.24) is 5.09 Å². The highest BCUT2D eigenvalue weighted by molar-refractivity contribution is 7.52. The number of benzene rings is 1. The highest BCUT2D eigenvalue weighted by atomic mass is 31.2. The van der Waals surface area contributed by atoms with Crippen molar-refractivity contribution in [3.05, 3.63) is 24.3 Å². The second-order valence-corrected chi connectivity index (χ2v) is 8.53. The first-order chi connectivity index (χ1) is 13.1. The van der Waals surface area contributed by atoms with Crippen molar-refractivity contribution >= 4 is 31.0 Å². The van der Waals surface area contributed by atoms with Crippen molar-refractivity contribution in [2.24, 2.45) is 0 Å². The van der Waals surface area contributed by atoms with Crippen LogP contribution in [0.3, 0.4) is 0 Å². The Morgan fingerprint density at radius 3 is 1.82 bits per heavy atom. The van der Waals surface area contributed by atoms with Crippen molar-refractivity contribution < 1.29 is 23.0 Å². The molecule has 158 valence electrons. The molecule has 0 spiro atoms. The van der Waals surface area contributed by atoms with E-state index < -0.39 is 13.8 Å². The van der Waals surface area contributed by atoms with Crippen LogP contribution in [0.15, 0.2) is 24.3 Å². The Bertz CT molecular complexity index is 701. The van der Waals surface area contributed by atoms with Gasteiger partial charge in [0.05, 0.1) is 26.3 Å². The Labute approximate surface area is 168 Å². The van der Waals surface area contributed by atoms with Crippen molar-refractivity contribution in [3.63, 3.8) is 0 Å². The molecule has 0 aromatic heterocycles. The first-order valence-electron chi connectivity index (χ1n) is 9.52. The van der Waals surface area contributed by atoms with E-state index in [0.717, 1.165) is 11.5 Å². The van der Waals surface area contributed by atoms with Gasteiger partial charge in [-0.15, -0.1) is 0 Å². The highest BCUT2D eigenvalue weighted by Crippen LogP contribution is 2.47. The number of anilines is 2. The third kappa shape index (κ3) is 8.42. The predicted molar refractivity (Wildman–Crippen MR) is 114 cm³/mol. The van der Waals surface area contributed by atoms with Gasteiger partial charge in [0.2, 0.25) is 5.84 Å². The molecular weight excluding hydrogens is 379 g/mol. The minimum absolute atomic E-state index is 0.309. The molecule has 1 aromatic rings. The molecule has 2 unspecified atom stereocenters. The second-order valence-electron chi connectivity index (χ2n) is 6.89. The quantitative estimate of drug-likeness (QED) is 0.237. The van der Waals surface area contributed by atoms with Crippen LogP contribution in [0.1, 0.15) is 47.5 Å². The standard InChI is InChI=1S/C19H33N4O4P/c1-8-14(3)26-28(25,27-15(4)9-2)22-19(24)21-18-12-10-17(11-13-18)20-16(5)23(6)7/h10-15H,8-9H2,1-7H3,(H2,21,22,24,25)/p+1. The number of rotatable bonds is 9. The van der Waals surface area contributed by atoms with Gasteiger partial charge in [-0.2, -0.15) is 0 Å². The molecule has 0 saturated carbocycles. The fourth-order valence-electron chi connectivity index (χ4n) is 1.94. The SMILES string of the molecule is CCC(C)OP(=O)(NC(=O)Nc1ccc(NC(C)=[N+](C)C)cc1)OC(C)CC. The highest BCUT2D eigenvalue weighted by Gasteiger charge is 2.31. The molecule has 0 bridgehead atoms. The molecule has 9 heteroatoms. The van der Waals surface area contributed by atoms with Gasteiger partial charge in [0.25, 0.3) is 0 Å². The summed E-state index contributed by atoms with van der Waals surface area (Å²) in [7, 11) is 0.116. The molecule has 8 nitrogen and oxygen atoms in total. The lowest BCUT2D eigenvalue weighted by Gasteiger charge is -2.24. The zero-order chi connectivity index (χ0) is 21.3. The van der Waals surface area contributed by atoms with E-state index in [0.29, 0.717) is 18.5 Å². The molecular formula is C19H34N4O4P+. The van der Waals surface area contributed by atoms with Crippen LogP contribution in [-0.2, 0) is 13.6 Å². The third-order valence-corrected chi connectivity index (χ3v) is 5.92. The lowest BCUT2D eigenvalue weighted by Crippen LogP contribution is -2.30. The fourth-order valence-corrected chi connectivity index (χ4v) is 3.65. The summed E-state index contributed by atoms with van der Waals surface area (Å²) in [6.45, 7) is 9.34. The van der Waals surface area contributed by atoms with E-state index in [1.165, 1.54) is 0 Å². The van der Waals surface area contributed by atoms with Crippen molar-refractivity contribution in [3.8, 4) is 0 Å². The summed E-state index contributed by atoms with van der Waals surface area (Å²) in [4.78, 5) is 12.3. The van der Waals surface area contributed by atoms with Crippen LogP contribution in [0.5, 0.6) is 0 Å². The molecule has 0 radical (unpaired) electrons. The normalized spacial score (nSPS) is 15.1. The Kier molecular flexibility index (Phi) is 9.65. The van der Waals surface area contributed by atoms with E-state index in [2.05, 4.69) is 15.7 Å². The average Bonchev–Trinajstić information content (AvgIpc) is 2.62. The second kappa shape index (κ2) is 11.2. The largest absolute Gasteiger partial charge is 0.436 e. The molecule has 0 aliphatic carbocycles. The fraction of sp³-hybridized carbons (Fsp3) is 0.579. The smallest absolute Gasteiger partial charge is 0.308 e. The van der Waals surface area contributed by atoms with Gasteiger partial charge in [0, 0.05) is 12.6 Å². The molecule has 1 rings (SSSR count). The summed E-state index contributed by atoms with van der Waals surface area (Å²) >= 11 is 0. The van der Waals surface area contributed by atoms with Crippen LogP contribution >= 0.6 is 7.75 Å². The van der Waals surface area contributed by atoms with Gasteiger partial charge in [0.15, 0.2) is 0 Å². The van der Waals surface area contributed by atoms with Crippen LogP contribution in [0.4, 0.5) is 16.2 Å². The molecule has 0 aliphatic rings. The zero-order valence-corrected chi connectivity index (χ0v) is 18.8. The summed E-state index contributed by atoms with van der Waals surface area (Å²) in [5.41, 5.74) is 1.45. The third-order valence-electron chi connectivity index (χ3n) is 4.16. The molecule has 28 heavy (non-hydrogen) atoms. The zero-order valence-electron chi connectivity index (χ0n) is 17.9. The maximum atomic E-state index is 13.0. The minimum atomic E-state index is -3.78. The first-order valence-corrected chi connectivity index (χ1v) is 11.1. The van der Waals surface area contributed by atoms with Crippen LogP contribution < -0.4 is 15.7 Å². The van der Waals surface area contributed by atoms with Gasteiger partial charge < -0.3 is 5.32 Å². The molecule has 3 N–H and O–H groups in total. The number of amidine groups is 1. The van der Waals surface area contributed by atoms with E-state index in [-0.39, 0.29) is 12.2 Å². The number of urea groups is 1. The summed E-state index contributed by atoms with van der Waals surface area (Å²) in [6, 6.07) is 6.54. The number of hydrogen-bond acceptors (Lipinski definition) is 4. The summed E-state index contributed by atoms with van der Waals surface area (Å²) in [5.74, 6) is 0.990. The van der Waals surface area contributed by atoms with Gasteiger partial charge in [0.1, 0.15) is 5.69 Å². The Balaban J connectivity index is 2.78. The van der Waals surface area contributed by atoms with Crippen molar-refractivity contribution in [2.75, 3.05) is 24.7 Å². The molecule has 2 atom stereocenters. The summed E-state index contributed by atoms with van der Waals surface area (Å²) in [6.07, 6.45) is 0.678. The van der Waals surface area contributed by atoms with E-state index in [1.807, 2.05) is 51.6 Å². The lowest BCUT2D eigenvalue weighted by atomic mass is 10.3. The maximum Gasteiger partial charge on any atom is 0.436 e. The van der Waals surface area contributed by atoms with Gasteiger partial charge in [-0.3, -0.25) is 13.6 Å². The van der Waals surface area contributed by atoms with Crippen LogP contribution in [0.25, 0.3) is 0 Å². The van der Waals surface area contributed by atoms with Crippen molar-refractivity contribution in [1.29, 1.82) is 0 Å². The molecule has 2 amide bonds. The Hall–Kier alpha value is -1.89. The van der Waals surface area contributed by atoms with E-state index >= 15 is 0 Å². The van der Waals surface area contributed by atoms with Gasteiger partial charge in [-0.25, -0.2) is 19.8 Å². The number of hydrogen-bond donors (Lipinski definition) is 3. The monoisotopic (exact) mass is 413 g/mol. The maximum absolute atomic E-state index is 13.0. The van der Waals surface area contributed by atoms with Crippen LogP contribution in [0.2, 0.25) is 0 Å². The molecule has 0 saturated heterocycles. The Morgan fingerprint density at radius 2 is 1.43 bits per heavy atom. The van der Waals surface area contributed by atoms with Gasteiger partial charge >= 0.3 is 13.8 Å². The Morgan fingerprint density at radius 1 is 1.00 bits per heavy atom. The molecule has 0 fully saturated rings. The molecule has 0 aliphatic heterocycles. The van der Waals surface area contributed by atoms with Gasteiger partial charge in [-0.05, 0) is 51.0 Å². The predicted octanol–water partition coefficient (Wildman–Crippen LogP) is 4.65. The van der Waals surface area contributed by atoms with Crippen molar-refractivity contribution in [2.45, 2.75) is 59.7 Å². The molecule has 0 heterocycles. The minimum Gasteiger partial charge on any atom is -0.308 e. The summed E-state index contributed by atoms with van der Waals surface area (Å²) in [5, 5.41) is 8.27. The summed E-state index contributed by atoms with van der Waals surface area (Å²) < 4.78 is 25.9. The molecule has 1 aromatic carbocycles. The number of nitrogens with one attached hydrogen (secondary N) is 3. The van der Waals surface area contributed by atoms with E-state index in [4.69, 9.17) is 9.05 Å². The topological polar surface area (TPSA) is 91.7 Å².